The number of rotatable bonds is 36. The third-order valence-electron chi connectivity index (χ3n) is 7.84. The number of fused-ring (bicyclic) bond motifs is 1. The average molecular weight is 784 g/mol. The molecule has 1 aromatic carbocycles. The van der Waals surface area contributed by atoms with Gasteiger partial charge in [-0.2, -0.15) is 0 Å². The van der Waals surface area contributed by atoms with Gasteiger partial charge in [-0.3, -0.25) is 29.4 Å². The van der Waals surface area contributed by atoms with Crippen molar-refractivity contribution in [2.75, 3.05) is 151 Å². The molecule has 1 unspecified atom stereocenters. The largest absolute Gasteiger partial charge is 0.499 e. The van der Waals surface area contributed by atoms with E-state index in [2.05, 4.69) is 17.2 Å². The van der Waals surface area contributed by atoms with Crippen LogP contribution in [0, 0.1) is 0 Å². The van der Waals surface area contributed by atoms with Crippen molar-refractivity contribution in [2.45, 2.75) is 18.9 Å². The Morgan fingerprint density at radius 2 is 1.02 bits per heavy atom. The fourth-order valence-electron chi connectivity index (χ4n) is 5.19. The number of carbonyl (C=O) groups is 4. The minimum Gasteiger partial charge on any atom is -0.499 e. The number of nitrogens with zero attached hydrogens (tertiary/aromatic N) is 1. The summed E-state index contributed by atoms with van der Waals surface area (Å²) in [6.07, 6.45) is 1.55. The van der Waals surface area contributed by atoms with Crippen molar-refractivity contribution in [1.29, 1.82) is 0 Å². The summed E-state index contributed by atoms with van der Waals surface area (Å²) in [5.74, 6) is -2.17. The fourth-order valence-corrected chi connectivity index (χ4v) is 5.19. The third kappa shape index (κ3) is 18.8. The number of anilines is 1. The highest BCUT2D eigenvalue weighted by atomic mass is 16.6. The molecule has 1 saturated heterocycles. The molecular weight excluding hydrogens is 726 g/mol. The quantitative estimate of drug-likeness (QED) is 0.0551. The Morgan fingerprint density at radius 1 is 0.600 bits per heavy atom. The SMILES string of the molecule is C=COCCOCCOCCOCCOCCOCCOCCOCCOCCOCCOCCNc1cccc2c1C(=O)N(C1CCC(=O)NC1=O)C2=O. The van der Waals surface area contributed by atoms with Crippen LogP contribution in [0.15, 0.2) is 31.0 Å². The van der Waals surface area contributed by atoms with E-state index in [4.69, 9.17) is 52.1 Å². The van der Waals surface area contributed by atoms with Gasteiger partial charge in [0.25, 0.3) is 11.8 Å². The Balaban J connectivity index is 1.01. The number of imide groups is 2. The molecule has 0 aromatic heterocycles. The van der Waals surface area contributed by atoms with Gasteiger partial charge in [-0.1, -0.05) is 12.6 Å². The van der Waals surface area contributed by atoms with Crippen LogP contribution >= 0.6 is 0 Å². The maximum Gasteiger partial charge on any atom is 0.264 e. The minimum atomic E-state index is -1.01. The van der Waals surface area contributed by atoms with Crippen molar-refractivity contribution >= 4 is 29.3 Å². The number of hydrogen-bond donors (Lipinski definition) is 2. The van der Waals surface area contributed by atoms with Gasteiger partial charge in [-0.25, -0.2) is 0 Å². The van der Waals surface area contributed by atoms with Crippen molar-refractivity contribution in [3.05, 3.63) is 42.2 Å². The first-order valence-electron chi connectivity index (χ1n) is 18.6. The van der Waals surface area contributed by atoms with Gasteiger partial charge in [0.15, 0.2) is 0 Å². The standard InChI is InChI=1S/C37H57N3O15/c1-2-45-10-11-47-14-15-49-18-19-51-22-23-53-26-27-55-29-28-54-25-24-52-21-20-50-17-16-48-13-12-46-9-8-38-31-5-3-4-30-34(31)37(44)40(36(30)43)32-6-7-33(41)39-35(32)42/h2-5,32,38H,1,6-29H2,(H,39,41,42). The molecule has 1 fully saturated rings. The van der Waals surface area contributed by atoms with Gasteiger partial charge in [0.2, 0.25) is 11.8 Å². The van der Waals surface area contributed by atoms with Crippen molar-refractivity contribution in [1.82, 2.24) is 10.2 Å². The Kier molecular flexibility index (Phi) is 24.7. The first kappa shape index (κ1) is 45.8. The highest BCUT2D eigenvalue weighted by Gasteiger charge is 2.45. The molecule has 18 nitrogen and oxygen atoms in total. The molecule has 3 rings (SSSR count). The lowest BCUT2D eigenvalue weighted by Crippen LogP contribution is -2.54. The number of piperidine rings is 1. The maximum absolute atomic E-state index is 13.2. The fraction of sp³-hybridized carbons (Fsp3) is 0.676. The zero-order valence-corrected chi connectivity index (χ0v) is 31.6. The van der Waals surface area contributed by atoms with Gasteiger partial charge in [-0.15, -0.1) is 0 Å². The monoisotopic (exact) mass is 783 g/mol. The molecule has 0 spiro atoms. The lowest BCUT2D eigenvalue weighted by atomic mass is 10.0. The van der Waals surface area contributed by atoms with Crippen molar-refractivity contribution in [2.24, 2.45) is 0 Å². The molecule has 2 heterocycles. The van der Waals surface area contributed by atoms with E-state index in [1.54, 1.807) is 18.2 Å². The van der Waals surface area contributed by atoms with E-state index < -0.39 is 29.7 Å². The zero-order valence-electron chi connectivity index (χ0n) is 31.6. The number of benzene rings is 1. The predicted octanol–water partition coefficient (Wildman–Crippen LogP) is 0.826. The van der Waals surface area contributed by atoms with E-state index in [0.29, 0.717) is 151 Å². The Bertz CT molecular complexity index is 1270. The summed E-state index contributed by atoms with van der Waals surface area (Å²) in [5, 5.41) is 5.33. The average Bonchev–Trinajstić information content (AvgIpc) is 3.44. The smallest absolute Gasteiger partial charge is 0.264 e. The second kappa shape index (κ2) is 29.7. The van der Waals surface area contributed by atoms with Crippen LogP contribution in [0.1, 0.15) is 33.6 Å². The number of hydrogen-bond acceptors (Lipinski definition) is 16. The third-order valence-corrected chi connectivity index (χ3v) is 7.84. The highest BCUT2D eigenvalue weighted by Crippen LogP contribution is 2.32. The van der Waals surface area contributed by atoms with Gasteiger partial charge >= 0.3 is 0 Å². The molecule has 2 aliphatic heterocycles. The second-order valence-electron chi connectivity index (χ2n) is 11.8. The van der Waals surface area contributed by atoms with E-state index in [0.717, 1.165) is 4.90 Å². The summed E-state index contributed by atoms with van der Waals surface area (Å²) >= 11 is 0. The lowest BCUT2D eigenvalue weighted by Gasteiger charge is -2.27. The topological polar surface area (TPSA) is 197 Å². The van der Waals surface area contributed by atoms with Crippen LogP contribution in [-0.2, 0) is 61.7 Å². The van der Waals surface area contributed by atoms with Crippen LogP contribution in [0.4, 0.5) is 5.69 Å². The van der Waals surface area contributed by atoms with Crippen molar-refractivity contribution in [3.63, 3.8) is 0 Å². The molecule has 0 bridgehead atoms. The molecule has 2 aliphatic rings. The first-order valence-corrected chi connectivity index (χ1v) is 18.6. The number of carbonyl (C=O) groups excluding carboxylic acids is 4. The normalized spacial score (nSPS) is 15.4. The molecule has 0 aliphatic carbocycles. The number of amides is 4. The van der Waals surface area contributed by atoms with Gasteiger partial charge < -0.3 is 57.4 Å². The zero-order chi connectivity index (χ0) is 39.2. The van der Waals surface area contributed by atoms with Crippen LogP contribution in [0.2, 0.25) is 0 Å². The summed E-state index contributed by atoms with van der Waals surface area (Å²) in [5.41, 5.74) is 0.904. The molecule has 1 aromatic rings. The molecular formula is C37H57N3O15. The van der Waals surface area contributed by atoms with Crippen LogP contribution < -0.4 is 10.6 Å². The summed E-state index contributed by atoms with van der Waals surface area (Å²) < 4.78 is 59.6. The van der Waals surface area contributed by atoms with E-state index in [1.165, 1.54) is 6.26 Å². The van der Waals surface area contributed by atoms with Gasteiger partial charge in [0, 0.05) is 18.7 Å². The maximum atomic E-state index is 13.2. The lowest BCUT2D eigenvalue weighted by molar-refractivity contribution is -0.136. The summed E-state index contributed by atoms with van der Waals surface area (Å²) in [6, 6.07) is 3.90. The molecule has 310 valence electrons. The van der Waals surface area contributed by atoms with Crippen LogP contribution in [0.5, 0.6) is 0 Å². The van der Waals surface area contributed by atoms with Crippen LogP contribution in [-0.4, -0.2) is 180 Å². The molecule has 0 radical (unpaired) electrons. The van der Waals surface area contributed by atoms with Gasteiger partial charge in [0.1, 0.15) is 12.6 Å². The van der Waals surface area contributed by atoms with Crippen molar-refractivity contribution in [3.8, 4) is 0 Å². The molecule has 18 heteroatoms. The summed E-state index contributed by atoms with van der Waals surface area (Å²) in [7, 11) is 0. The second-order valence-corrected chi connectivity index (χ2v) is 11.8. The Hall–Kier alpha value is -3.56. The number of nitrogens with one attached hydrogen (secondary N) is 2. The van der Waals surface area contributed by atoms with Crippen LogP contribution in [0.3, 0.4) is 0 Å². The van der Waals surface area contributed by atoms with Crippen molar-refractivity contribution < 1.29 is 71.3 Å². The van der Waals surface area contributed by atoms with E-state index >= 15 is 0 Å². The molecule has 1 atom stereocenters. The number of ether oxygens (including phenoxy) is 11. The van der Waals surface area contributed by atoms with E-state index in [-0.39, 0.29) is 24.0 Å². The first-order chi connectivity index (χ1) is 27.0. The molecule has 0 saturated carbocycles. The summed E-state index contributed by atoms with van der Waals surface area (Å²) in [4.78, 5) is 50.8. The Morgan fingerprint density at radius 3 is 1.44 bits per heavy atom. The van der Waals surface area contributed by atoms with Gasteiger partial charge in [-0.05, 0) is 18.6 Å². The van der Waals surface area contributed by atoms with Crippen LogP contribution in [0.25, 0.3) is 0 Å². The molecule has 55 heavy (non-hydrogen) atoms. The molecule has 2 N–H and O–H groups in total. The molecule has 4 amide bonds. The highest BCUT2D eigenvalue weighted by molar-refractivity contribution is 6.25. The van der Waals surface area contributed by atoms with E-state index in [1.807, 2.05) is 0 Å². The summed E-state index contributed by atoms with van der Waals surface area (Å²) in [6.45, 7) is 13.5. The Labute approximate surface area is 322 Å². The van der Waals surface area contributed by atoms with Gasteiger partial charge in [0.05, 0.1) is 150 Å². The van der Waals surface area contributed by atoms with E-state index in [9.17, 15) is 19.2 Å². The predicted molar refractivity (Wildman–Crippen MR) is 196 cm³/mol. The minimum absolute atomic E-state index is 0.0649.